The highest BCUT2D eigenvalue weighted by Crippen LogP contribution is 2.66. The van der Waals surface area contributed by atoms with Gasteiger partial charge in [-0.25, -0.2) is 9.69 Å². The standard InChI is InChI=1S/C46H38IN3O11/c1-2-24-59-42(52)37-39-43(53)61-40(30-11-7-4-8-12-30)38(29-9-5-3-6-10-29)49(39)41(31-15-20-34(21-16-31)58-25-23-51)46(37)35-26-32(47)17-22-36(35)48(44(46)54)45(55)60-27-28-13-18-33(19-14-28)50(56)57/h2-22,26,37-41,51H,1,23-25,27H2/t37-,38-,39-,40+,41+,46-/m1/s1. The molecule has 1 spiro atoms. The Labute approximate surface area is 363 Å². The molecule has 0 aromatic heterocycles. The molecule has 0 unspecified atom stereocenters. The van der Waals surface area contributed by atoms with E-state index in [1.807, 2.05) is 65.6 Å². The number of hydrogen-bond acceptors (Lipinski definition) is 12. The molecule has 0 aliphatic carbocycles. The third kappa shape index (κ3) is 7.31. The van der Waals surface area contributed by atoms with Gasteiger partial charge in [-0.05, 0) is 92.9 Å². The zero-order valence-corrected chi connectivity index (χ0v) is 34.5. The average molecular weight is 936 g/mol. The number of carbonyl (C=O) groups excluding carboxylic acids is 4. The average Bonchev–Trinajstić information content (AvgIpc) is 3.73. The second-order valence-corrected chi connectivity index (χ2v) is 15.9. The Kier molecular flexibility index (Phi) is 11.7. The van der Waals surface area contributed by atoms with Crippen LogP contribution in [0, 0.1) is 19.6 Å². The highest BCUT2D eigenvalue weighted by molar-refractivity contribution is 14.1. The van der Waals surface area contributed by atoms with E-state index in [-0.39, 0.29) is 43.4 Å². The number of fused-ring (bicyclic) bond motifs is 3. The van der Waals surface area contributed by atoms with E-state index in [1.165, 1.54) is 30.3 Å². The number of nitrogens with zero attached hydrogens (tertiary/aromatic N) is 3. The van der Waals surface area contributed by atoms with Crippen LogP contribution in [-0.2, 0) is 40.6 Å². The molecule has 3 aliphatic rings. The van der Waals surface area contributed by atoms with Crippen molar-refractivity contribution < 1.29 is 48.2 Å². The van der Waals surface area contributed by atoms with Gasteiger partial charge in [0.15, 0.2) is 0 Å². The van der Waals surface area contributed by atoms with E-state index in [9.17, 15) is 29.6 Å². The van der Waals surface area contributed by atoms with Crippen molar-refractivity contribution in [1.29, 1.82) is 0 Å². The van der Waals surface area contributed by atoms with E-state index in [2.05, 4.69) is 29.2 Å². The summed E-state index contributed by atoms with van der Waals surface area (Å²) < 4.78 is 24.4. The molecule has 3 aliphatic heterocycles. The van der Waals surface area contributed by atoms with E-state index >= 15 is 4.79 Å². The van der Waals surface area contributed by atoms with E-state index in [4.69, 9.17) is 18.9 Å². The summed E-state index contributed by atoms with van der Waals surface area (Å²) >= 11 is 2.10. The molecule has 0 bridgehead atoms. The molecule has 2 fully saturated rings. The fourth-order valence-corrected chi connectivity index (χ4v) is 9.38. The number of nitro benzene ring substituents is 1. The minimum absolute atomic E-state index is 0.0278. The summed E-state index contributed by atoms with van der Waals surface area (Å²) in [5, 5.41) is 20.7. The van der Waals surface area contributed by atoms with Crippen molar-refractivity contribution in [3.63, 3.8) is 0 Å². The van der Waals surface area contributed by atoms with Crippen molar-refractivity contribution in [2.45, 2.75) is 36.3 Å². The van der Waals surface area contributed by atoms with Crippen LogP contribution < -0.4 is 9.64 Å². The monoisotopic (exact) mass is 935 g/mol. The number of carbonyl (C=O) groups is 4. The quantitative estimate of drug-likeness (QED) is 0.0331. The number of esters is 2. The normalized spacial score (nSPS) is 22.9. The zero-order valence-electron chi connectivity index (χ0n) is 32.4. The minimum atomic E-state index is -2.03. The van der Waals surface area contributed by atoms with Gasteiger partial charge in [0.25, 0.3) is 5.69 Å². The smallest absolute Gasteiger partial charge is 0.421 e. The maximum atomic E-state index is 16.0. The number of morpholine rings is 1. The van der Waals surface area contributed by atoms with Crippen LogP contribution in [0.15, 0.2) is 140 Å². The number of amides is 2. The molecule has 0 radical (unpaired) electrons. The summed E-state index contributed by atoms with van der Waals surface area (Å²) in [5.74, 6) is -3.66. The molecule has 5 aromatic carbocycles. The van der Waals surface area contributed by atoms with Crippen LogP contribution in [0.1, 0.15) is 46.0 Å². The Hall–Kier alpha value is -6.43. The van der Waals surface area contributed by atoms with Crippen molar-refractivity contribution in [2.24, 2.45) is 5.92 Å². The summed E-state index contributed by atoms with van der Waals surface area (Å²) in [5.41, 5.74) is 0.566. The molecule has 2 amide bonds. The third-order valence-electron chi connectivity index (χ3n) is 11.3. The van der Waals surface area contributed by atoms with Crippen LogP contribution in [0.25, 0.3) is 0 Å². The Balaban J connectivity index is 1.36. The minimum Gasteiger partial charge on any atom is -0.491 e. The van der Waals surface area contributed by atoms with Crippen molar-refractivity contribution in [2.75, 3.05) is 24.7 Å². The van der Waals surface area contributed by atoms with Crippen LogP contribution in [0.5, 0.6) is 5.75 Å². The van der Waals surface area contributed by atoms with E-state index < -0.39 is 64.4 Å². The molecule has 15 heteroatoms. The first-order chi connectivity index (χ1) is 29.6. The van der Waals surface area contributed by atoms with Gasteiger partial charge in [0.1, 0.15) is 49.0 Å². The van der Waals surface area contributed by atoms with Crippen LogP contribution in [0.4, 0.5) is 16.2 Å². The first kappa shape index (κ1) is 41.3. The Morgan fingerprint density at radius 2 is 1.54 bits per heavy atom. The predicted molar refractivity (Wildman–Crippen MR) is 228 cm³/mol. The summed E-state index contributed by atoms with van der Waals surface area (Å²) in [6, 6.07) is 32.5. The number of hydrogen-bond donors (Lipinski definition) is 1. The first-order valence-corrected chi connectivity index (χ1v) is 20.4. The number of rotatable bonds is 12. The number of nitro groups is 1. The molecule has 2 saturated heterocycles. The molecule has 61 heavy (non-hydrogen) atoms. The van der Waals surface area contributed by atoms with E-state index in [0.29, 0.717) is 26.0 Å². The third-order valence-corrected chi connectivity index (χ3v) is 11.9. The zero-order chi connectivity index (χ0) is 42.8. The topological polar surface area (TPSA) is 175 Å². The van der Waals surface area contributed by atoms with Gasteiger partial charge < -0.3 is 24.1 Å². The molecular weight excluding hydrogens is 897 g/mol. The number of anilines is 1. The van der Waals surface area contributed by atoms with Gasteiger partial charge in [-0.15, -0.1) is 0 Å². The molecule has 5 aromatic rings. The number of aliphatic hydroxyl groups is 1. The molecule has 6 atom stereocenters. The van der Waals surface area contributed by atoms with Crippen molar-refractivity contribution in [3.05, 3.63) is 182 Å². The number of non-ortho nitro benzene ring substituents is 1. The lowest BCUT2D eigenvalue weighted by Crippen LogP contribution is -2.53. The predicted octanol–water partition coefficient (Wildman–Crippen LogP) is 7.30. The van der Waals surface area contributed by atoms with Crippen LogP contribution >= 0.6 is 22.6 Å². The van der Waals surface area contributed by atoms with E-state index in [1.54, 1.807) is 42.5 Å². The summed E-state index contributed by atoms with van der Waals surface area (Å²) in [4.78, 5) is 73.8. The van der Waals surface area contributed by atoms with E-state index in [0.717, 1.165) is 10.5 Å². The van der Waals surface area contributed by atoms with Crippen molar-refractivity contribution in [3.8, 4) is 5.75 Å². The lowest BCUT2D eigenvalue weighted by Gasteiger charge is -2.46. The van der Waals surface area contributed by atoms with Crippen LogP contribution in [0.3, 0.4) is 0 Å². The molecule has 8 rings (SSSR count). The highest BCUT2D eigenvalue weighted by atomic mass is 127. The number of aliphatic hydroxyl groups excluding tert-OH is 1. The van der Waals surface area contributed by atoms with Crippen molar-refractivity contribution >= 4 is 57.9 Å². The van der Waals surface area contributed by atoms with Gasteiger partial charge >= 0.3 is 18.0 Å². The lowest BCUT2D eigenvalue weighted by atomic mass is 9.65. The number of imide groups is 1. The summed E-state index contributed by atoms with van der Waals surface area (Å²) in [6.45, 7) is 2.94. The summed E-state index contributed by atoms with van der Waals surface area (Å²) in [6.07, 6.45) is -0.606. The number of benzene rings is 5. The molecule has 310 valence electrons. The fraction of sp³-hybridized carbons (Fsp3) is 0.217. The van der Waals surface area contributed by atoms with Gasteiger partial charge in [0.2, 0.25) is 5.91 Å². The fourth-order valence-electron chi connectivity index (χ4n) is 8.89. The van der Waals surface area contributed by atoms with Gasteiger partial charge in [-0.3, -0.25) is 29.4 Å². The summed E-state index contributed by atoms with van der Waals surface area (Å²) in [7, 11) is 0. The Bertz CT molecular complexity index is 2490. The Morgan fingerprint density at radius 1 is 0.869 bits per heavy atom. The molecule has 0 saturated carbocycles. The Morgan fingerprint density at radius 3 is 2.18 bits per heavy atom. The number of cyclic esters (lactones) is 1. The van der Waals surface area contributed by atoms with Gasteiger partial charge in [-0.2, -0.15) is 0 Å². The molecule has 1 N–H and O–H groups in total. The van der Waals surface area contributed by atoms with Crippen LogP contribution in [-0.4, -0.2) is 64.7 Å². The van der Waals surface area contributed by atoms with Gasteiger partial charge in [0.05, 0.1) is 29.3 Å². The molecular formula is C46H38IN3O11. The second-order valence-electron chi connectivity index (χ2n) is 14.6. The van der Waals surface area contributed by atoms with Gasteiger partial charge in [0, 0.05) is 15.7 Å². The second kappa shape index (κ2) is 17.3. The molecule has 14 nitrogen and oxygen atoms in total. The SMILES string of the molecule is C=CCOC(=O)[C@H]1[C@@H]2C(=O)O[C@@H](c3ccccc3)[C@@H](c3ccccc3)N2[C@@H](c2ccc(OCCO)cc2)[C@]12C(=O)N(C(=O)OCc1ccc([N+](=O)[O-])cc1)c1ccc(I)cc12. The maximum Gasteiger partial charge on any atom is 0.421 e. The van der Waals surface area contributed by atoms with Gasteiger partial charge in [-0.1, -0.05) is 85.5 Å². The van der Waals surface area contributed by atoms with Crippen molar-refractivity contribution in [1.82, 2.24) is 4.90 Å². The number of ether oxygens (including phenoxy) is 4. The van der Waals surface area contributed by atoms with Crippen LogP contribution in [0.2, 0.25) is 0 Å². The largest absolute Gasteiger partial charge is 0.491 e. The molecule has 3 heterocycles. The highest BCUT2D eigenvalue weighted by Gasteiger charge is 2.76. The number of halogens is 1. The first-order valence-electron chi connectivity index (χ1n) is 19.3. The maximum absolute atomic E-state index is 16.0. The lowest BCUT2D eigenvalue weighted by molar-refractivity contribution is -0.384.